The summed E-state index contributed by atoms with van der Waals surface area (Å²) in [7, 11) is 0. The average Bonchev–Trinajstić information content (AvgIpc) is 2.79. The van der Waals surface area contributed by atoms with Crippen molar-refractivity contribution in [3.8, 4) is 0 Å². The lowest BCUT2D eigenvalue weighted by molar-refractivity contribution is 0.577. The van der Waals surface area contributed by atoms with Gasteiger partial charge >= 0.3 is 0 Å². The second-order valence-electron chi connectivity index (χ2n) is 4.36. The number of hydrogen-bond donors (Lipinski definition) is 1. The van der Waals surface area contributed by atoms with Crippen LogP contribution < -0.4 is 5.32 Å². The van der Waals surface area contributed by atoms with E-state index in [-0.39, 0.29) is 5.82 Å². The maximum Gasteiger partial charge on any atom is 0.125 e. The maximum atomic E-state index is 13.1. The van der Waals surface area contributed by atoms with Gasteiger partial charge in [0, 0.05) is 16.7 Å². The molecule has 0 saturated heterocycles. The Morgan fingerprint density at radius 1 is 1.44 bits per heavy atom. The molecule has 0 amide bonds. The van der Waals surface area contributed by atoms with Gasteiger partial charge in [0.2, 0.25) is 0 Å². The van der Waals surface area contributed by atoms with Crippen LogP contribution in [0.25, 0.3) is 0 Å². The molecule has 0 aliphatic rings. The van der Waals surface area contributed by atoms with Crippen LogP contribution >= 0.6 is 15.9 Å². The summed E-state index contributed by atoms with van der Waals surface area (Å²) in [6.07, 6.45) is 3.63. The van der Waals surface area contributed by atoms with Gasteiger partial charge in [-0.1, -0.05) is 0 Å². The molecule has 0 radical (unpaired) electrons. The van der Waals surface area contributed by atoms with Gasteiger partial charge in [-0.2, -0.15) is 0 Å². The van der Waals surface area contributed by atoms with Crippen molar-refractivity contribution in [3.05, 3.63) is 46.7 Å². The van der Waals surface area contributed by atoms with Gasteiger partial charge in [0.05, 0.1) is 24.3 Å². The summed E-state index contributed by atoms with van der Waals surface area (Å²) in [5, 5.41) is 3.20. The predicted octanol–water partition coefficient (Wildman–Crippen LogP) is 3.98. The lowest BCUT2D eigenvalue weighted by atomic mass is 10.3. The van der Waals surface area contributed by atoms with Gasteiger partial charge in [-0.3, -0.25) is 0 Å². The Morgan fingerprint density at radius 3 is 2.94 bits per heavy atom. The first-order chi connectivity index (χ1) is 8.58. The SMILES string of the molecule is CC(C)n1cncc1CNc1cc(F)ccc1Br. The zero-order valence-corrected chi connectivity index (χ0v) is 11.9. The number of anilines is 1. The summed E-state index contributed by atoms with van der Waals surface area (Å²) in [5.74, 6) is -0.252. The van der Waals surface area contributed by atoms with Crippen LogP contribution in [0.3, 0.4) is 0 Å². The first-order valence-corrected chi connectivity index (χ1v) is 6.57. The summed E-state index contributed by atoms with van der Waals surface area (Å²) in [6.45, 7) is 4.81. The van der Waals surface area contributed by atoms with E-state index in [9.17, 15) is 4.39 Å². The minimum Gasteiger partial charge on any atom is -0.378 e. The number of rotatable bonds is 4. The van der Waals surface area contributed by atoms with Gasteiger partial charge in [0.25, 0.3) is 0 Å². The summed E-state index contributed by atoms with van der Waals surface area (Å²) < 4.78 is 16.1. The van der Waals surface area contributed by atoms with E-state index in [1.807, 2.05) is 12.5 Å². The van der Waals surface area contributed by atoms with Gasteiger partial charge < -0.3 is 9.88 Å². The molecule has 0 aliphatic heterocycles. The first-order valence-electron chi connectivity index (χ1n) is 5.77. The topological polar surface area (TPSA) is 29.9 Å². The molecule has 0 spiro atoms. The molecule has 0 fully saturated rings. The molecule has 1 heterocycles. The van der Waals surface area contributed by atoms with Gasteiger partial charge in [0.15, 0.2) is 0 Å². The van der Waals surface area contributed by atoms with Crippen LogP contribution in [0.4, 0.5) is 10.1 Å². The summed E-state index contributed by atoms with van der Waals surface area (Å²) >= 11 is 3.39. The lowest BCUT2D eigenvalue weighted by Crippen LogP contribution is -2.09. The average molecular weight is 312 g/mol. The van der Waals surface area contributed by atoms with E-state index < -0.39 is 0 Å². The largest absolute Gasteiger partial charge is 0.378 e. The Morgan fingerprint density at radius 2 is 2.22 bits per heavy atom. The van der Waals surface area contributed by atoms with E-state index in [0.717, 1.165) is 15.9 Å². The van der Waals surface area contributed by atoms with E-state index >= 15 is 0 Å². The normalized spacial score (nSPS) is 10.9. The fraction of sp³-hybridized carbons (Fsp3) is 0.308. The van der Waals surface area contributed by atoms with Crippen molar-refractivity contribution in [2.45, 2.75) is 26.4 Å². The molecule has 3 nitrogen and oxygen atoms in total. The van der Waals surface area contributed by atoms with Crippen molar-refractivity contribution in [2.24, 2.45) is 0 Å². The Kier molecular flexibility index (Phi) is 4.01. The van der Waals surface area contributed by atoms with Crippen LogP contribution in [-0.2, 0) is 6.54 Å². The molecule has 0 bridgehead atoms. The molecular weight excluding hydrogens is 297 g/mol. The van der Waals surface area contributed by atoms with E-state index in [1.54, 1.807) is 6.07 Å². The highest BCUT2D eigenvalue weighted by atomic mass is 79.9. The van der Waals surface area contributed by atoms with Gasteiger partial charge in [-0.25, -0.2) is 9.37 Å². The fourth-order valence-corrected chi connectivity index (χ4v) is 2.14. The molecule has 0 unspecified atom stereocenters. The second kappa shape index (κ2) is 5.52. The van der Waals surface area contributed by atoms with Gasteiger partial charge in [-0.15, -0.1) is 0 Å². The highest BCUT2D eigenvalue weighted by Gasteiger charge is 2.06. The second-order valence-corrected chi connectivity index (χ2v) is 5.22. The van der Waals surface area contributed by atoms with Crippen LogP contribution in [0.2, 0.25) is 0 Å². The third-order valence-corrected chi connectivity index (χ3v) is 3.38. The monoisotopic (exact) mass is 311 g/mol. The fourth-order valence-electron chi connectivity index (χ4n) is 1.75. The van der Waals surface area contributed by atoms with Crippen LogP contribution in [0.5, 0.6) is 0 Å². The van der Waals surface area contributed by atoms with Crippen LogP contribution in [-0.4, -0.2) is 9.55 Å². The van der Waals surface area contributed by atoms with Crippen molar-refractivity contribution in [3.63, 3.8) is 0 Å². The van der Waals surface area contributed by atoms with E-state index in [1.165, 1.54) is 12.1 Å². The molecule has 0 saturated carbocycles. The lowest BCUT2D eigenvalue weighted by Gasteiger charge is -2.13. The highest BCUT2D eigenvalue weighted by molar-refractivity contribution is 9.10. The Hall–Kier alpha value is -1.36. The zero-order chi connectivity index (χ0) is 13.1. The Labute approximate surface area is 114 Å². The minimum absolute atomic E-state index is 0.252. The Balaban J connectivity index is 2.11. The smallest absolute Gasteiger partial charge is 0.125 e. The van der Waals surface area contributed by atoms with Crippen molar-refractivity contribution in [2.75, 3.05) is 5.32 Å². The number of nitrogens with one attached hydrogen (secondary N) is 1. The number of hydrogen-bond acceptors (Lipinski definition) is 2. The van der Waals surface area contributed by atoms with Crippen molar-refractivity contribution >= 4 is 21.6 Å². The maximum absolute atomic E-state index is 13.1. The standard InChI is InChI=1S/C13H15BrFN3/c1-9(2)18-8-16-6-11(18)7-17-13-5-10(15)3-4-12(13)14/h3-6,8-9,17H,7H2,1-2H3. The quantitative estimate of drug-likeness (QED) is 0.925. The summed E-state index contributed by atoms with van der Waals surface area (Å²) in [6, 6.07) is 4.95. The van der Waals surface area contributed by atoms with Crippen molar-refractivity contribution < 1.29 is 4.39 Å². The van der Waals surface area contributed by atoms with Crippen molar-refractivity contribution in [1.82, 2.24) is 9.55 Å². The highest BCUT2D eigenvalue weighted by Crippen LogP contribution is 2.23. The molecule has 96 valence electrons. The predicted molar refractivity (Wildman–Crippen MR) is 74.0 cm³/mol. The molecule has 1 N–H and O–H groups in total. The van der Waals surface area contributed by atoms with E-state index in [0.29, 0.717) is 12.6 Å². The van der Waals surface area contributed by atoms with Crippen molar-refractivity contribution in [1.29, 1.82) is 0 Å². The molecule has 1 aromatic carbocycles. The van der Waals surface area contributed by atoms with Crippen LogP contribution in [0.15, 0.2) is 35.2 Å². The van der Waals surface area contributed by atoms with E-state index in [2.05, 4.69) is 44.6 Å². The first kappa shape index (κ1) is 13.1. The number of imidazole rings is 1. The Bertz CT molecular complexity index is 537. The number of aromatic nitrogens is 2. The van der Waals surface area contributed by atoms with E-state index in [4.69, 9.17) is 0 Å². The summed E-state index contributed by atoms with van der Waals surface area (Å²) in [4.78, 5) is 4.13. The minimum atomic E-state index is -0.252. The number of halogens is 2. The zero-order valence-electron chi connectivity index (χ0n) is 10.3. The molecule has 0 atom stereocenters. The summed E-state index contributed by atoms with van der Waals surface area (Å²) in [5.41, 5.74) is 1.81. The number of nitrogens with zero attached hydrogens (tertiary/aromatic N) is 2. The molecule has 2 rings (SSSR count). The van der Waals surface area contributed by atoms with Gasteiger partial charge in [-0.05, 0) is 48.0 Å². The molecule has 1 aromatic heterocycles. The molecule has 18 heavy (non-hydrogen) atoms. The van der Waals surface area contributed by atoms with Crippen LogP contribution in [0.1, 0.15) is 25.6 Å². The third kappa shape index (κ3) is 2.90. The van der Waals surface area contributed by atoms with Crippen LogP contribution in [0, 0.1) is 5.82 Å². The number of benzene rings is 1. The third-order valence-electron chi connectivity index (χ3n) is 2.69. The molecule has 2 aromatic rings. The molecule has 5 heteroatoms. The molecular formula is C13H15BrFN3. The van der Waals surface area contributed by atoms with Gasteiger partial charge in [0.1, 0.15) is 5.82 Å². The molecule has 0 aliphatic carbocycles.